The SMILES string of the molecule is CC.CCOC(=O)c1cnc(Nc2cccc(Br)c2)c2ncn(C)c12. The molecule has 0 aliphatic rings. The van der Waals surface area contributed by atoms with Crippen LogP contribution in [0.25, 0.3) is 11.0 Å². The Morgan fingerprint density at radius 1 is 1.32 bits per heavy atom. The quantitative estimate of drug-likeness (QED) is 0.639. The molecule has 3 aromatic rings. The monoisotopic (exact) mass is 404 g/mol. The van der Waals surface area contributed by atoms with Crippen LogP contribution in [0.2, 0.25) is 0 Å². The Balaban J connectivity index is 0.00000109. The van der Waals surface area contributed by atoms with Crippen molar-refractivity contribution in [3.05, 3.63) is 46.8 Å². The van der Waals surface area contributed by atoms with Gasteiger partial charge in [0.2, 0.25) is 0 Å². The highest BCUT2D eigenvalue weighted by molar-refractivity contribution is 9.10. The first-order chi connectivity index (χ1) is 12.1. The van der Waals surface area contributed by atoms with Gasteiger partial charge in [-0.1, -0.05) is 35.8 Å². The molecule has 0 unspecified atom stereocenters. The Kier molecular flexibility index (Phi) is 6.52. The number of carbonyl (C=O) groups is 1. The molecular weight excluding hydrogens is 384 g/mol. The third-order valence-corrected chi connectivity index (χ3v) is 3.82. The van der Waals surface area contributed by atoms with Gasteiger partial charge in [0.1, 0.15) is 11.1 Å². The minimum atomic E-state index is -0.400. The van der Waals surface area contributed by atoms with Gasteiger partial charge in [-0.25, -0.2) is 14.8 Å². The normalized spacial score (nSPS) is 10.1. The molecule has 0 amide bonds. The van der Waals surface area contributed by atoms with E-state index in [2.05, 4.69) is 31.2 Å². The number of anilines is 2. The number of carbonyl (C=O) groups excluding carboxylic acids is 1. The number of imidazole rings is 1. The molecule has 3 rings (SSSR count). The lowest BCUT2D eigenvalue weighted by Gasteiger charge is -2.09. The average Bonchev–Trinajstić information content (AvgIpc) is 3.00. The van der Waals surface area contributed by atoms with Crippen LogP contribution in [-0.4, -0.2) is 27.1 Å². The number of nitrogens with zero attached hydrogens (tertiary/aromatic N) is 3. The first-order valence-corrected chi connectivity index (χ1v) is 8.89. The minimum absolute atomic E-state index is 0.316. The third kappa shape index (κ3) is 4.17. The lowest BCUT2D eigenvalue weighted by molar-refractivity contribution is 0.0528. The van der Waals surface area contributed by atoms with Crippen molar-refractivity contribution in [1.82, 2.24) is 14.5 Å². The van der Waals surface area contributed by atoms with Crippen LogP contribution in [-0.2, 0) is 11.8 Å². The summed E-state index contributed by atoms with van der Waals surface area (Å²) in [6, 6.07) is 7.74. The summed E-state index contributed by atoms with van der Waals surface area (Å²) >= 11 is 3.44. The Hall–Kier alpha value is -2.41. The van der Waals surface area contributed by atoms with E-state index in [1.807, 2.05) is 45.2 Å². The first-order valence-electron chi connectivity index (χ1n) is 8.10. The van der Waals surface area contributed by atoms with Gasteiger partial charge in [0.25, 0.3) is 0 Å². The second-order valence-electron chi connectivity index (χ2n) is 4.93. The number of ether oxygens (including phenoxy) is 1. The second kappa shape index (κ2) is 8.62. The van der Waals surface area contributed by atoms with E-state index in [1.165, 1.54) is 6.20 Å². The largest absolute Gasteiger partial charge is 0.462 e. The van der Waals surface area contributed by atoms with Crippen molar-refractivity contribution in [2.45, 2.75) is 20.8 Å². The summed E-state index contributed by atoms with van der Waals surface area (Å²) in [5, 5.41) is 3.23. The number of hydrogen-bond acceptors (Lipinski definition) is 5. The maximum absolute atomic E-state index is 12.1. The van der Waals surface area contributed by atoms with Gasteiger partial charge >= 0.3 is 5.97 Å². The van der Waals surface area contributed by atoms with E-state index in [1.54, 1.807) is 17.8 Å². The van der Waals surface area contributed by atoms with Crippen molar-refractivity contribution in [1.29, 1.82) is 0 Å². The van der Waals surface area contributed by atoms with E-state index >= 15 is 0 Å². The van der Waals surface area contributed by atoms with Gasteiger partial charge in [-0.15, -0.1) is 0 Å². The fourth-order valence-electron chi connectivity index (χ4n) is 2.33. The number of esters is 1. The van der Waals surface area contributed by atoms with Gasteiger partial charge in [0, 0.05) is 23.4 Å². The molecule has 0 radical (unpaired) electrons. The zero-order valence-corrected chi connectivity index (χ0v) is 16.3. The summed E-state index contributed by atoms with van der Waals surface area (Å²) in [4.78, 5) is 20.8. The van der Waals surface area contributed by atoms with E-state index in [-0.39, 0.29) is 0 Å². The molecule has 0 bridgehead atoms. The van der Waals surface area contributed by atoms with Crippen molar-refractivity contribution in [3.8, 4) is 0 Å². The van der Waals surface area contributed by atoms with Crippen LogP contribution >= 0.6 is 15.9 Å². The predicted octanol–water partition coefficient (Wildman–Crippen LogP) is 4.68. The Morgan fingerprint density at radius 3 is 2.76 bits per heavy atom. The van der Waals surface area contributed by atoms with Crippen LogP contribution in [0.3, 0.4) is 0 Å². The summed E-state index contributed by atoms with van der Waals surface area (Å²) < 4.78 is 7.84. The first kappa shape index (κ1) is 18.9. The second-order valence-corrected chi connectivity index (χ2v) is 5.84. The van der Waals surface area contributed by atoms with Gasteiger partial charge in [-0.2, -0.15) is 0 Å². The Labute approximate surface area is 155 Å². The predicted molar refractivity (Wildman–Crippen MR) is 103 cm³/mol. The van der Waals surface area contributed by atoms with Crippen LogP contribution < -0.4 is 5.32 Å². The number of halogens is 1. The summed E-state index contributed by atoms with van der Waals surface area (Å²) in [7, 11) is 1.83. The number of fused-ring (bicyclic) bond motifs is 1. The van der Waals surface area contributed by atoms with E-state index in [4.69, 9.17) is 4.74 Å². The number of aryl methyl sites for hydroxylation is 1. The van der Waals surface area contributed by atoms with E-state index in [9.17, 15) is 4.79 Å². The molecule has 2 aromatic heterocycles. The molecule has 0 saturated heterocycles. The molecule has 0 spiro atoms. The topological polar surface area (TPSA) is 69.0 Å². The zero-order valence-electron chi connectivity index (χ0n) is 14.7. The molecule has 1 aromatic carbocycles. The van der Waals surface area contributed by atoms with Gasteiger partial charge in [-0.05, 0) is 25.1 Å². The van der Waals surface area contributed by atoms with Gasteiger partial charge in [0.05, 0.1) is 18.5 Å². The summed E-state index contributed by atoms with van der Waals surface area (Å²) in [5.74, 6) is 0.189. The van der Waals surface area contributed by atoms with Crippen molar-refractivity contribution < 1.29 is 9.53 Å². The standard InChI is InChI=1S/C16H15BrN4O2.C2H6/c1-3-23-16(22)12-8-18-15(13-14(12)21(2)9-19-13)20-11-6-4-5-10(17)7-11;1-2/h4-9H,3H2,1-2H3,(H,18,20);1-2H3. The average molecular weight is 405 g/mol. The number of benzene rings is 1. The molecule has 0 atom stereocenters. The molecule has 25 heavy (non-hydrogen) atoms. The maximum atomic E-state index is 12.1. The molecule has 7 heteroatoms. The van der Waals surface area contributed by atoms with E-state index in [0.29, 0.717) is 29.0 Å². The van der Waals surface area contributed by atoms with Gasteiger partial charge in [0.15, 0.2) is 5.82 Å². The van der Waals surface area contributed by atoms with Crippen molar-refractivity contribution in [2.75, 3.05) is 11.9 Å². The smallest absolute Gasteiger partial charge is 0.341 e. The van der Waals surface area contributed by atoms with E-state index < -0.39 is 5.97 Å². The van der Waals surface area contributed by atoms with Gasteiger partial charge < -0.3 is 14.6 Å². The number of aromatic nitrogens is 3. The number of rotatable bonds is 4. The van der Waals surface area contributed by atoms with Crippen LogP contribution in [0.4, 0.5) is 11.5 Å². The zero-order chi connectivity index (χ0) is 18.4. The molecule has 1 N–H and O–H groups in total. The molecule has 0 aliphatic carbocycles. The van der Waals surface area contributed by atoms with E-state index in [0.717, 1.165) is 10.2 Å². The highest BCUT2D eigenvalue weighted by Gasteiger charge is 2.18. The fraction of sp³-hybridized carbons (Fsp3) is 0.278. The number of hydrogen-bond donors (Lipinski definition) is 1. The summed E-state index contributed by atoms with van der Waals surface area (Å²) in [5.41, 5.74) is 2.60. The summed E-state index contributed by atoms with van der Waals surface area (Å²) in [6.07, 6.45) is 3.17. The maximum Gasteiger partial charge on any atom is 0.341 e. The number of nitrogens with one attached hydrogen (secondary N) is 1. The van der Waals surface area contributed by atoms with Crippen molar-refractivity contribution >= 4 is 44.4 Å². The Morgan fingerprint density at radius 2 is 2.08 bits per heavy atom. The van der Waals surface area contributed by atoms with Gasteiger partial charge in [-0.3, -0.25) is 0 Å². The lowest BCUT2D eigenvalue weighted by atomic mass is 10.2. The molecule has 0 fully saturated rings. The fourth-order valence-corrected chi connectivity index (χ4v) is 2.72. The van der Waals surface area contributed by atoms with Crippen molar-refractivity contribution in [3.63, 3.8) is 0 Å². The number of pyridine rings is 1. The van der Waals surface area contributed by atoms with Crippen molar-refractivity contribution in [2.24, 2.45) is 7.05 Å². The van der Waals surface area contributed by atoms with Crippen LogP contribution in [0.1, 0.15) is 31.1 Å². The van der Waals surface area contributed by atoms with Crippen LogP contribution in [0, 0.1) is 0 Å². The third-order valence-electron chi connectivity index (χ3n) is 3.32. The highest BCUT2D eigenvalue weighted by atomic mass is 79.9. The minimum Gasteiger partial charge on any atom is -0.462 e. The highest BCUT2D eigenvalue weighted by Crippen LogP contribution is 2.27. The molecule has 0 saturated carbocycles. The molecule has 2 heterocycles. The Bertz CT molecular complexity index is 877. The lowest BCUT2D eigenvalue weighted by Crippen LogP contribution is -2.08. The summed E-state index contributed by atoms with van der Waals surface area (Å²) in [6.45, 7) is 6.09. The molecular formula is C18H21BrN4O2. The molecule has 6 nitrogen and oxygen atoms in total. The van der Waals surface area contributed by atoms with Crippen LogP contribution in [0.5, 0.6) is 0 Å². The van der Waals surface area contributed by atoms with Crippen LogP contribution in [0.15, 0.2) is 41.3 Å². The molecule has 0 aliphatic heterocycles. The molecule has 132 valence electrons.